The minimum absolute atomic E-state index is 0. The maximum Gasteiger partial charge on any atom is 0.142 e. The number of rotatable bonds is 5. The summed E-state index contributed by atoms with van der Waals surface area (Å²) in [6.45, 7) is 1.24. The number of hydrogen-bond donors (Lipinski definition) is 1. The zero-order chi connectivity index (χ0) is 13.0. The van der Waals surface area contributed by atoms with Crippen molar-refractivity contribution in [3.05, 3.63) is 51.9 Å². The van der Waals surface area contributed by atoms with Gasteiger partial charge in [0.2, 0.25) is 0 Å². The van der Waals surface area contributed by atoms with E-state index in [1.807, 2.05) is 18.2 Å². The molecule has 1 aromatic heterocycles. The van der Waals surface area contributed by atoms with E-state index < -0.39 is 0 Å². The molecule has 2 aromatic rings. The van der Waals surface area contributed by atoms with Crippen LogP contribution in [0.4, 0.5) is 0 Å². The molecule has 3 nitrogen and oxygen atoms in total. The number of furan rings is 1. The second kappa shape index (κ2) is 7.65. The predicted molar refractivity (Wildman–Crippen MR) is 72.3 cm³/mol. The summed E-state index contributed by atoms with van der Waals surface area (Å²) in [4.78, 5) is 0. The van der Waals surface area contributed by atoms with Crippen molar-refractivity contribution in [1.29, 1.82) is 0 Å². The van der Waals surface area contributed by atoms with E-state index in [4.69, 9.17) is 32.4 Å². The van der Waals surface area contributed by atoms with Crippen LogP contribution >= 0.6 is 23.2 Å². The van der Waals surface area contributed by atoms with E-state index in [0.29, 0.717) is 28.9 Å². The van der Waals surface area contributed by atoms with Crippen molar-refractivity contribution in [2.45, 2.75) is 13.1 Å². The fourth-order valence-electron chi connectivity index (χ4n) is 1.71. The minimum atomic E-state index is 0. The van der Waals surface area contributed by atoms with Crippen molar-refractivity contribution >= 4 is 23.2 Å². The topological polar surface area (TPSA) is 34.4 Å². The smallest absolute Gasteiger partial charge is 0.142 e. The van der Waals surface area contributed by atoms with Crippen LogP contribution < -0.4 is 22.5 Å². The van der Waals surface area contributed by atoms with E-state index in [1.54, 1.807) is 19.4 Å². The zero-order valence-corrected chi connectivity index (χ0v) is 12.5. The van der Waals surface area contributed by atoms with Crippen LogP contribution in [0.3, 0.4) is 0 Å². The third kappa shape index (κ3) is 4.32. The summed E-state index contributed by atoms with van der Waals surface area (Å²) in [5.41, 5.74) is 0.918. The summed E-state index contributed by atoms with van der Waals surface area (Å²) < 4.78 is 10.5. The molecule has 6 heteroatoms. The Morgan fingerprint density at radius 2 is 2.05 bits per heavy atom. The Morgan fingerprint density at radius 1 is 1.26 bits per heavy atom. The number of methoxy groups -OCH3 is 1. The third-order valence-corrected chi connectivity index (χ3v) is 2.98. The molecule has 0 bridgehead atoms. The van der Waals surface area contributed by atoms with Gasteiger partial charge in [-0.25, -0.2) is 0 Å². The van der Waals surface area contributed by atoms with Gasteiger partial charge >= 0.3 is 0 Å². The number of halogens is 3. The molecule has 0 unspecified atom stereocenters. The Kier molecular flexibility index (Phi) is 6.52. The normalized spacial score (nSPS) is 10.1. The second-order valence-corrected chi connectivity index (χ2v) is 4.61. The quantitative estimate of drug-likeness (QED) is 0.888. The van der Waals surface area contributed by atoms with Crippen molar-refractivity contribution < 1.29 is 21.6 Å². The van der Waals surface area contributed by atoms with Gasteiger partial charge in [0.15, 0.2) is 0 Å². The average Bonchev–Trinajstić information content (AvgIpc) is 2.81. The molecule has 0 aliphatic heterocycles. The highest BCUT2D eigenvalue weighted by molar-refractivity contribution is 6.35. The highest BCUT2D eigenvalue weighted by Crippen LogP contribution is 2.32. The summed E-state index contributed by atoms with van der Waals surface area (Å²) in [5.74, 6) is 1.52. The van der Waals surface area contributed by atoms with E-state index in [0.717, 1.165) is 11.3 Å². The van der Waals surface area contributed by atoms with Crippen LogP contribution in [0.2, 0.25) is 10.0 Å². The van der Waals surface area contributed by atoms with Crippen LogP contribution in [0.25, 0.3) is 0 Å². The summed E-state index contributed by atoms with van der Waals surface area (Å²) in [6.07, 6.45) is 1.65. The highest BCUT2D eigenvalue weighted by atomic mass is 35.5. The van der Waals surface area contributed by atoms with Crippen molar-refractivity contribution in [3.63, 3.8) is 0 Å². The number of benzene rings is 1. The third-order valence-electron chi connectivity index (χ3n) is 2.48. The molecule has 0 aliphatic carbocycles. The van der Waals surface area contributed by atoms with Gasteiger partial charge in [0.1, 0.15) is 11.5 Å². The first-order valence-corrected chi connectivity index (χ1v) is 6.21. The summed E-state index contributed by atoms with van der Waals surface area (Å²) in [7, 11) is 1.59. The molecule has 1 aromatic carbocycles. The molecule has 0 aliphatic rings. The molecule has 0 spiro atoms. The van der Waals surface area contributed by atoms with Gasteiger partial charge in [-0.05, 0) is 24.3 Å². The minimum Gasteiger partial charge on any atom is -1.00 e. The monoisotopic (exact) mass is 320 g/mol. The molecule has 0 fully saturated rings. The first kappa shape index (κ1) is 16.2. The van der Waals surface area contributed by atoms with Crippen LogP contribution in [0, 0.1) is 0 Å². The predicted octanol–water partition coefficient (Wildman–Crippen LogP) is 0.889. The van der Waals surface area contributed by atoms with Gasteiger partial charge in [0.05, 0.1) is 24.9 Å². The maximum atomic E-state index is 6.06. The molecule has 0 saturated carbocycles. The van der Waals surface area contributed by atoms with Crippen LogP contribution in [-0.2, 0) is 13.1 Å². The van der Waals surface area contributed by atoms with Crippen molar-refractivity contribution in [3.8, 4) is 5.75 Å². The summed E-state index contributed by atoms with van der Waals surface area (Å²) >= 11 is 12.0. The second-order valence-electron chi connectivity index (χ2n) is 3.76. The fourth-order valence-corrected chi connectivity index (χ4v) is 2.32. The highest BCUT2D eigenvalue weighted by Gasteiger charge is 2.09. The van der Waals surface area contributed by atoms with Crippen molar-refractivity contribution in [2.75, 3.05) is 7.11 Å². The van der Waals surface area contributed by atoms with Gasteiger partial charge in [-0.2, -0.15) is 0 Å². The van der Waals surface area contributed by atoms with Gasteiger partial charge < -0.3 is 26.9 Å². The lowest BCUT2D eigenvalue weighted by molar-refractivity contribution is -0.00000428. The van der Waals surface area contributed by atoms with Crippen LogP contribution in [0.1, 0.15) is 11.3 Å². The van der Waals surface area contributed by atoms with Crippen LogP contribution in [0.15, 0.2) is 34.9 Å². The van der Waals surface area contributed by atoms with Gasteiger partial charge in [0.25, 0.3) is 0 Å². The van der Waals surface area contributed by atoms with Gasteiger partial charge in [-0.1, -0.05) is 23.2 Å². The molecule has 0 amide bonds. The van der Waals surface area contributed by atoms with E-state index in [1.165, 1.54) is 0 Å². The van der Waals surface area contributed by atoms with Crippen LogP contribution in [-0.4, -0.2) is 7.11 Å². The Labute approximate surface area is 128 Å². The lowest BCUT2D eigenvalue weighted by atomic mass is 10.2. The van der Waals surface area contributed by atoms with Crippen LogP contribution in [0.5, 0.6) is 5.75 Å². The molecular weight excluding hydrogens is 309 g/mol. The standard InChI is InChI=1S/C13H13Cl2NO2.ClH/c1-17-13-9(5-10(14)6-12(13)15)7-16-8-11-3-2-4-18-11;/h2-6,16H,7-8H2,1H3;1H/p-1. The largest absolute Gasteiger partial charge is 1.00 e. The molecule has 0 saturated heterocycles. The lowest BCUT2D eigenvalue weighted by Crippen LogP contribution is -3.00. The summed E-state index contributed by atoms with van der Waals surface area (Å²) in [5, 5.41) is 4.35. The molecule has 0 atom stereocenters. The SMILES string of the molecule is COc1c(Cl)cc(Cl)cc1CNCc1ccco1.[Cl-]. The van der Waals surface area contributed by atoms with Gasteiger partial charge in [0, 0.05) is 17.1 Å². The lowest BCUT2D eigenvalue weighted by Gasteiger charge is -2.11. The van der Waals surface area contributed by atoms with E-state index in [-0.39, 0.29) is 12.4 Å². The Bertz CT molecular complexity index is 515. The zero-order valence-electron chi connectivity index (χ0n) is 10.3. The van der Waals surface area contributed by atoms with E-state index in [9.17, 15) is 0 Å². The summed E-state index contributed by atoms with van der Waals surface area (Å²) in [6, 6.07) is 7.27. The Balaban J connectivity index is 0.00000180. The maximum absolute atomic E-state index is 6.06. The first-order chi connectivity index (χ1) is 8.70. The first-order valence-electron chi connectivity index (χ1n) is 5.45. The van der Waals surface area contributed by atoms with Gasteiger partial charge in [-0.3, -0.25) is 0 Å². The molecule has 0 radical (unpaired) electrons. The molecule has 1 N–H and O–H groups in total. The fraction of sp³-hybridized carbons (Fsp3) is 0.231. The molecular formula is C13H13Cl3NO2-. The molecule has 19 heavy (non-hydrogen) atoms. The Morgan fingerprint density at radius 3 is 2.68 bits per heavy atom. The molecule has 104 valence electrons. The Hall–Kier alpha value is -0.870. The number of nitrogens with one attached hydrogen (secondary N) is 1. The van der Waals surface area contributed by atoms with E-state index >= 15 is 0 Å². The molecule has 1 heterocycles. The average molecular weight is 322 g/mol. The number of ether oxygens (including phenoxy) is 1. The number of hydrogen-bond acceptors (Lipinski definition) is 3. The molecule has 2 rings (SSSR count). The van der Waals surface area contributed by atoms with Gasteiger partial charge in [-0.15, -0.1) is 0 Å². The van der Waals surface area contributed by atoms with Crippen molar-refractivity contribution in [1.82, 2.24) is 5.32 Å². The van der Waals surface area contributed by atoms with Crippen molar-refractivity contribution in [2.24, 2.45) is 0 Å². The van der Waals surface area contributed by atoms with E-state index in [2.05, 4.69) is 5.32 Å².